The van der Waals surface area contributed by atoms with Crippen LogP contribution in [0.2, 0.25) is 5.02 Å². The third-order valence-corrected chi connectivity index (χ3v) is 8.45. The zero-order valence-electron chi connectivity index (χ0n) is 23.3. The predicted octanol–water partition coefficient (Wildman–Crippen LogP) is 4.28. The van der Waals surface area contributed by atoms with Gasteiger partial charge in [-0.2, -0.15) is 13.2 Å². The van der Waals surface area contributed by atoms with Gasteiger partial charge < -0.3 is 20.6 Å². The second kappa shape index (κ2) is 15.2. The highest BCUT2D eigenvalue weighted by molar-refractivity contribution is 7.91. The van der Waals surface area contributed by atoms with E-state index in [4.69, 9.17) is 21.5 Å². The lowest BCUT2D eigenvalue weighted by molar-refractivity contribution is -0.192. The van der Waals surface area contributed by atoms with Crippen molar-refractivity contribution >= 4 is 49.9 Å². The largest absolute Gasteiger partial charge is 0.490 e. The summed E-state index contributed by atoms with van der Waals surface area (Å²) in [6, 6.07) is 18.6. The van der Waals surface area contributed by atoms with Crippen LogP contribution in [-0.2, 0) is 25.8 Å². The molecule has 3 aromatic rings. The molecule has 0 bridgehead atoms. The van der Waals surface area contributed by atoms with Gasteiger partial charge in [-0.05, 0) is 37.1 Å². The number of carbonyl (C=O) groups is 2. The van der Waals surface area contributed by atoms with Gasteiger partial charge in [0.2, 0.25) is 5.91 Å². The second-order valence-corrected chi connectivity index (χ2v) is 12.0. The molecule has 4 rings (SSSR count). The van der Waals surface area contributed by atoms with E-state index in [1.165, 1.54) is 5.56 Å². The number of aliphatic carboxylic acids is 1. The van der Waals surface area contributed by atoms with Gasteiger partial charge in [-0.15, -0.1) is 0 Å². The van der Waals surface area contributed by atoms with Crippen LogP contribution in [0, 0.1) is 0 Å². The number of sulfone groups is 1. The van der Waals surface area contributed by atoms with Gasteiger partial charge in [0.1, 0.15) is 11.7 Å². The molecule has 14 heteroatoms. The number of carboxylic acids is 1. The minimum Gasteiger partial charge on any atom is -0.475 e. The van der Waals surface area contributed by atoms with Crippen LogP contribution in [0.3, 0.4) is 0 Å². The van der Waals surface area contributed by atoms with Crippen molar-refractivity contribution in [3.8, 4) is 0 Å². The predicted molar refractivity (Wildman–Crippen MR) is 159 cm³/mol. The van der Waals surface area contributed by atoms with E-state index in [-0.39, 0.29) is 16.7 Å². The Hall–Kier alpha value is -3.68. The fourth-order valence-corrected chi connectivity index (χ4v) is 5.80. The van der Waals surface area contributed by atoms with Gasteiger partial charge in [0.25, 0.3) is 0 Å². The Bertz CT molecular complexity index is 1560. The lowest BCUT2D eigenvalue weighted by Gasteiger charge is -2.17. The number of fused-ring (bicyclic) bond motifs is 1. The van der Waals surface area contributed by atoms with Crippen LogP contribution in [0.4, 0.5) is 13.2 Å². The van der Waals surface area contributed by atoms with Crippen LogP contribution in [0.1, 0.15) is 24.0 Å². The maximum atomic E-state index is 12.9. The number of benzene rings is 3. The van der Waals surface area contributed by atoms with Gasteiger partial charge in [-0.1, -0.05) is 60.1 Å². The van der Waals surface area contributed by atoms with Gasteiger partial charge in [0.15, 0.2) is 9.84 Å². The molecule has 0 saturated heterocycles. The molecule has 0 spiro atoms. The molecule has 3 N–H and O–H groups in total. The monoisotopic (exact) mass is 640 g/mol. The SMILES string of the molecule is CN(CCc1ccc(C2=NCCN2)cc1)C(=O)CCCNCS(=O)(=O)c1cccc2c(Cl)cccc12.O=C(O)C(F)(F)F. The number of hydrogen-bond donors (Lipinski definition) is 3. The number of nitrogens with zero attached hydrogens (tertiary/aromatic N) is 2. The summed E-state index contributed by atoms with van der Waals surface area (Å²) in [6.07, 6.45) is -3.39. The Labute approximate surface area is 252 Å². The number of carboxylic acid groups (broad SMARTS) is 1. The van der Waals surface area contributed by atoms with E-state index in [2.05, 4.69) is 39.9 Å². The number of nitrogens with one attached hydrogen (secondary N) is 2. The summed E-state index contributed by atoms with van der Waals surface area (Å²) in [5, 5.41) is 15.2. The summed E-state index contributed by atoms with van der Waals surface area (Å²) < 4.78 is 57.5. The lowest BCUT2D eigenvalue weighted by atomic mass is 10.1. The first-order chi connectivity index (χ1) is 20.3. The summed E-state index contributed by atoms with van der Waals surface area (Å²) in [7, 11) is -1.74. The standard InChI is InChI=1S/C27H31ClN4O3S.C2HF3O2/c1-32(18-14-20-10-12-21(13-11-20)27-30-16-17-31-27)26(33)9-4-15-29-19-36(34,35)25-8-3-5-22-23(25)6-2-7-24(22)28;3-2(4,5)1(6)7/h2-3,5-8,10-13,29H,4,9,14-19H2,1H3,(H,30,31);(H,6,7). The molecule has 1 amide bonds. The molecule has 1 aliphatic rings. The summed E-state index contributed by atoms with van der Waals surface area (Å²) in [5.41, 5.74) is 2.25. The Kier molecular flexibility index (Phi) is 11.9. The van der Waals surface area contributed by atoms with Crippen molar-refractivity contribution in [2.75, 3.05) is 39.1 Å². The van der Waals surface area contributed by atoms with E-state index in [0.717, 1.165) is 30.9 Å². The fourth-order valence-electron chi connectivity index (χ4n) is 4.20. The van der Waals surface area contributed by atoms with Crippen molar-refractivity contribution in [3.63, 3.8) is 0 Å². The normalized spacial score (nSPS) is 13.1. The van der Waals surface area contributed by atoms with Crippen LogP contribution in [0.5, 0.6) is 0 Å². The lowest BCUT2D eigenvalue weighted by Crippen LogP contribution is -2.30. The fraction of sp³-hybridized carbons (Fsp3) is 0.345. The number of alkyl halides is 3. The van der Waals surface area contributed by atoms with Crippen molar-refractivity contribution in [2.45, 2.75) is 30.3 Å². The van der Waals surface area contributed by atoms with Crippen LogP contribution in [-0.4, -0.2) is 81.4 Å². The molecule has 0 aromatic heterocycles. The Balaban J connectivity index is 0.000000646. The zero-order chi connectivity index (χ0) is 31.6. The van der Waals surface area contributed by atoms with Gasteiger partial charge in [0.05, 0.1) is 11.4 Å². The van der Waals surface area contributed by atoms with Crippen LogP contribution in [0.25, 0.3) is 10.8 Å². The quantitative estimate of drug-likeness (QED) is 0.267. The van der Waals surface area contributed by atoms with E-state index >= 15 is 0 Å². The average molecular weight is 641 g/mol. The van der Waals surface area contributed by atoms with E-state index in [1.54, 1.807) is 42.3 Å². The molecule has 43 heavy (non-hydrogen) atoms. The molecular weight excluding hydrogens is 609 g/mol. The molecule has 232 valence electrons. The topological polar surface area (TPSA) is 128 Å². The number of aliphatic imine (C=N–C) groups is 1. The molecule has 0 saturated carbocycles. The zero-order valence-corrected chi connectivity index (χ0v) is 24.9. The molecule has 0 fully saturated rings. The van der Waals surface area contributed by atoms with Gasteiger partial charge in [0, 0.05) is 47.9 Å². The first-order valence-corrected chi connectivity index (χ1v) is 15.3. The smallest absolute Gasteiger partial charge is 0.475 e. The Morgan fingerprint density at radius 3 is 2.35 bits per heavy atom. The number of rotatable bonds is 11. The number of likely N-dealkylation sites (N-methyl/N-ethyl adjacent to an activating group) is 1. The second-order valence-electron chi connectivity index (χ2n) is 9.68. The van der Waals surface area contributed by atoms with Gasteiger partial charge in [-0.3, -0.25) is 9.79 Å². The Morgan fingerprint density at radius 2 is 1.72 bits per heavy atom. The minimum atomic E-state index is -5.08. The molecule has 3 aromatic carbocycles. The highest BCUT2D eigenvalue weighted by atomic mass is 35.5. The molecule has 1 heterocycles. The van der Waals surface area contributed by atoms with E-state index < -0.39 is 22.0 Å². The molecule has 0 unspecified atom stereocenters. The molecule has 0 radical (unpaired) electrons. The number of hydrogen-bond acceptors (Lipinski definition) is 7. The van der Waals surface area contributed by atoms with E-state index in [0.29, 0.717) is 41.7 Å². The molecule has 9 nitrogen and oxygen atoms in total. The van der Waals surface area contributed by atoms with Crippen molar-refractivity contribution < 1.29 is 36.3 Å². The number of halogens is 4. The number of amidine groups is 1. The average Bonchev–Trinajstić information content (AvgIpc) is 3.51. The summed E-state index contributed by atoms with van der Waals surface area (Å²) in [5.74, 6) is -1.96. The summed E-state index contributed by atoms with van der Waals surface area (Å²) >= 11 is 6.21. The van der Waals surface area contributed by atoms with Crippen molar-refractivity contribution in [1.29, 1.82) is 0 Å². The third-order valence-electron chi connectivity index (χ3n) is 6.51. The van der Waals surface area contributed by atoms with Gasteiger partial charge in [-0.25, -0.2) is 13.2 Å². The highest BCUT2D eigenvalue weighted by Crippen LogP contribution is 2.28. The number of amides is 1. The first-order valence-electron chi connectivity index (χ1n) is 13.3. The van der Waals surface area contributed by atoms with Crippen molar-refractivity contribution in [1.82, 2.24) is 15.5 Å². The van der Waals surface area contributed by atoms with Crippen molar-refractivity contribution in [3.05, 3.63) is 76.8 Å². The first kappa shape index (κ1) is 33.8. The van der Waals surface area contributed by atoms with Crippen LogP contribution >= 0.6 is 11.6 Å². The van der Waals surface area contributed by atoms with E-state index in [1.807, 2.05) is 6.07 Å². The molecule has 0 aliphatic carbocycles. The molecular formula is C29H32ClF3N4O5S. The Morgan fingerprint density at radius 1 is 1.07 bits per heavy atom. The molecule has 0 atom stereocenters. The summed E-state index contributed by atoms with van der Waals surface area (Å²) in [6.45, 7) is 2.76. The molecule has 1 aliphatic heterocycles. The van der Waals surface area contributed by atoms with Crippen molar-refractivity contribution in [2.24, 2.45) is 4.99 Å². The van der Waals surface area contributed by atoms with Gasteiger partial charge >= 0.3 is 12.1 Å². The van der Waals surface area contributed by atoms with E-state index in [9.17, 15) is 26.4 Å². The number of carbonyl (C=O) groups excluding carboxylic acids is 1. The maximum Gasteiger partial charge on any atom is 0.490 e. The van der Waals surface area contributed by atoms with Crippen LogP contribution < -0.4 is 10.6 Å². The maximum absolute atomic E-state index is 12.9. The summed E-state index contributed by atoms with van der Waals surface area (Å²) in [4.78, 5) is 27.8. The highest BCUT2D eigenvalue weighted by Gasteiger charge is 2.38. The van der Waals surface area contributed by atoms with Crippen LogP contribution in [0.15, 0.2) is 70.6 Å². The third kappa shape index (κ3) is 9.94. The minimum absolute atomic E-state index is 0.0458.